The van der Waals surface area contributed by atoms with Crippen molar-refractivity contribution in [3.8, 4) is 0 Å². The highest BCUT2D eigenvalue weighted by Crippen LogP contribution is 2.15. The molecule has 4 heteroatoms. The number of carbonyl (C=O) groups is 1. The molecule has 0 atom stereocenters. The average molecular weight is 290 g/mol. The number of rotatable bonds is 6. The Morgan fingerprint density at radius 1 is 1.29 bits per heavy atom. The van der Waals surface area contributed by atoms with Gasteiger partial charge in [-0.25, -0.2) is 4.79 Å². The lowest BCUT2D eigenvalue weighted by Gasteiger charge is -2.32. The lowest BCUT2D eigenvalue weighted by Crippen LogP contribution is -2.46. The summed E-state index contributed by atoms with van der Waals surface area (Å²) in [6.07, 6.45) is 4.27. The molecule has 116 valence electrons. The van der Waals surface area contributed by atoms with E-state index in [9.17, 15) is 4.79 Å². The van der Waals surface area contributed by atoms with Gasteiger partial charge in [0.25, 0.3) is 0 Å². The molecule has 1 aromatic rings. The number of likely N-dealkylation sites (tertiary alicyclic amines) is 1. The number of nitrogens with zero attached hydrogens (tertiary/aromatic N) is 1. The molecule has 0 aliphatic carbocycles. The minimum atomic E-state index is 0.0740. The van der Waals surface area contributed by atoms with Crippen molar-refractivity contribution < 1.29 is 9.53 Å². The van der Waals surface area contributed by atoms with Crippen LogP contribution < -0.4 is 5.32 Å². The molecular weight excluding hydrogens is 264 g/mol. The predicted molar refractivity (Wildman–Crippen MR) is 84.1 cm³/mol. The van der Waals surface area contributed by atoms with E-state index in [2.05, 4.69) is 24.4 Å². The quantitative estimate of drug-likeness (QED) is 0.818. The largest absolute Gasteiger partial charge is 0.373 e. The maximum atomic E-state index is 11.9. The standard InChI is InChI=1S/C17H26N2O2/c1-2-3-11-18-17(20)19-12-9-16(10-13-19)21-14-15-7-5-4-6-8-15/h4-8,16H,2-3,9-14H2,1H3,(H,18,20). The van der Waals surface area contributed by atoms with Crippen LogP contribution in [-0.4, -0.2) is 36.7 Å². The predicted octanol–water partition coefficient (Wildman–Crippen LogP) is 3.18. The molecule has 0 radical (unpaired) electrons. The van der Waals surface area contributed by atoms with Crippen LogP contribution in [0.15, 0.2) is 30.3 Å². The van der Waals surface area contributed by atoms with Crippen LogP contribution >= 0.6 is 0 Å². The van der Waals surface area contributed by atoms with Crippen LogP contribution in [-0.2, 0) is 11.3 Å². The van der Waals surface area contributed by atoms with Gasteiger partial charge in [-0.3, -0.25) is 0 Å². The van der Waals surface area contributed by atoms with E-state index in [4.69, 9.17) is 4.74 Å². The fraction of sp³-hybridized carbons (Fsp3) is 0.588. The lowest BCUT2D eigenvalue weighted by molar-refractivity contribution is 0.00448. The minimum absolute atomic E-state index is 0.0740. The van der Waals surface area contributed by atoms with Crippen molar-refractivity contribution in [3.05, 3.63) is 35.9 Å². The molecule has 0 aromatic heterocycles. The van der Waals surface area contributed by atoms with E-state index in [0.717, 1.165) is 45.3 Å². The number of hydrogen-bond acceptors (Lipinski definition) is 2. The van der Waals surface area contributed by atoms with Crippen LogP contribution in [0.2, 0.25) is 0 Å². The fourth-order valence-corrected chi connectivity index (χ4v) is 2.50. The Hall–Kier alpha value is -1.55. The van der Waals surface area contributed by atoms with E-state index in [-0.39, 0.29) is 12.1 Å². The first kappa shape index (κ1) is 15.8. The number of hydrogen-bond donors (Lipinski definition) is 1. The first-order chi connectivity index (χ1) is 10.3. The molecule has 0 unspecified atom stereocenters. The molecule has 1 aliphatic heterocycles. The van der Waals surface area contributed by atoms with Gasteiger partial charge in [0.05, 0.1) is 12.7 Å². The van der Waals surface area contributed by atoms with E-state index >= 15 is 0 Å². The van der Waals surface area contributed by atoms with Crippen molar-refractivity contribution in [3.63, 3.8) is 0 Å². The van der Waals surface area contributed by atoms with Gasteiger partial charge in [-0.1, -0.05) is 43.7 Å². The van der Waals surface area contributed by atoms with Gasteiger partial charge in [-0.05, 0) is 24.8 Å². The zero-order chi connectivity index (χ0) is 14.9. The number of carbonyl (C=O) groups excluding carboxylic acids is 1. The maximum Gasteiger partial charge on any atom is 0.317 e. The highest BCUT2D eigenvalue weighted by molar-refractivity contribution is 5.74. The zero-order valence-electron chi connectivity index (χ0n) is 12.9. The third-order valence-corrected chi connectivity index (χ3v) is 3.86. The lowest BCUT2D eigenvalue weighted by atomic mass is 10.1. The van der Waals surface area contributed by atoms with E-state index in [1.165, 1.54) is 5.56 Å². The number of urea groups is 1. The van der Waals surface area contributed by atoms with Crippen molar-refractivity contribution in [2.75, 3.05) is 19.6 Å². The fourth-order valence-electron chi connectivity index (χ4n) is 2.50. The van der Waals surface area contributed by atoms with Crippen molar-refractivity contribution in [2.45, 2.75) is 45.3 Å². The molecule has 1 aliphatic rings. The molecule has 1 N–H and O–H groups in total. The molecule has 0 bridgehead atoms. The van der Waals surface area contributed by atoms with Crippen LogP contribution in [0.5, 0.6) is 0 Å². The van der Waals surface area contributed by atoms with Gasteiger partial charge in [-0.2, -0.15) is 0 Å². The van der Waals surface area contributed by atoms with E-state index in [1.807, 2.05) is 23.1 Å². The molecule has 1 aromatic carbocycles. The number of piperidine rings is 1. The number of ether oxygens (including phenoxy) is 1. The molecule has 4 nitrogen and oxygen atoms in total. The molecule has 21 heavy (non-hydrogen) atoms. The molecule has 0 saturated carbocycles. The molecule has 2 rings (SSSR count). The maximum absolute atomic E-state index is 11.9. The molecule has 1 fully saturated rings. The zero-order valence-corrected chi connectivity index (χ0v) is 12.9. The summed E-state index contributed by atoms with van der Waals surface area (Å²) in [5, 5.41) is 2.97. The van der Waals surface area contributed by atoms with Crippen LogP contribution in [0.25, 0.3) is 0 Å². The summed E-state index contributed by atoms with van der Waals surface area (Å²) in [7, 11) is 0. The van der Waals surface area contributed by atoms with Gasteiger partial charge < -0.3 is 15.0 Å². The minimum Gasteiger partial charge on any atom is -0.373 e. The van der Waals surface area contributed by atoms with Crippen molar-refractivity contribution in [1.82, 2.24) is 10.2 Å². The van der Waals surface area contributed by atoms with E-state index in [0.29, 0.717) is 6.61 Å². The second-order valence-corrected chi connectivity index (χ2v) is 5.57. The third kappa shape index (κ3) is 5.38. The molecule has 2 amide bonds. The summed E-state index contributed by atoms with van der Waals surface area (Å²) in [5.41, 5.74) is 1.21. The number of unbranched alkanes of at least 4 members (excludes halogenated alkanes) is 1. The van der Waals surface area contributed by atoms with Gasteiger partial charge in [0.1, 0.15) is 0 Å². The van der Waals surface area contributed by atoms with E-state index in [1.54, 1.807) is 0 Å². The van der Waals surface area contributed by atoms with Gasteiger partial charge >= 0.3 is 6.03 Å². The van der Waals surface area contributed by atoms with Gasteiger partial charge in [-0.15, -0.1) is 0 Å². The van der Waals surface area contributed by atoms with E-state index < -0.39 is 0 Å². The van der Waals surface area contributed by atoms with Crippen molar-refractivity contribution in [1.29, 1.82) is 0 Å². The highest BCUT2D eigenvalue weighted by Gasteiger charge is 2.22. The Labute approximate surface area is 127 Å². The van der Waals surface area contributed by atoms with Crippen LogP contribution in [0.1, 0.15) is 38.2 Å². The average Bonchev–Trinajstić information content (AvgIpc) is 2.54. The Kier molecular flexibility index (Phi) is 6.54. The SMILES string of the molecule is CCCCNC(=O)N1CCC(OCc2ccccc2)CC1. The monoisotopic (exact) mass is 290 g/mol. The van der Waals surface area contributed by atoms with Gasteiger partial charge in [0, 0.05) is 19.6 Å². The van der Waals surface area contributed by atoms with Crippen molar-refractivity contribution in [2.24, 2.45) is 0 Å². The molecule has 0 spiro atoms. The molecular formula is C17H26N2O2. The topological polar surface area (TPSA) is 41.6 Å². The molecule has 1 saturated heterocycles. The summed E-state index contributed by atoms with van der Waals surface area (Å²) in [4.78, 5) is 13.8. The van der Waals surface area contributed by atoms with Crippen LogP contribution in [0, 0.1) is 0 Å². The summed E-state index contributed by atoms with van der Waals surface area (Å²) in [6, 6.07) is 10.3. The number of benzene rings is 1. The Bertz CT molecular complexity index is 414. The summed E-state index contributed by atoms with van der Waals surface area (Å²) < 4.78 is 5.94. The summed E-state index contributed by atoms with van der Waals surface area (Å²) in [5.74, 6) is 0. The summed E-state index contributed by atoms with van der Waals surface area (Å²) >= 11 is 0. The van der Waals surface area contributed by atoms with Gasteiger partial charge in [0.2, 0.25) is 0 Å². The van der Waals surface area contributed by atoms with Crippen LogP contribution in [0.3, 0.4) is 0 Å². The first-order valence-electron chi connectivity index (χ1n) is 7.98. The first-order valence-corrected chi connectivity index (χ1v) is 7.98. The number of nitrogens with one attached hydrogen (secondary N) is 1. The highest BCUT2D eigenvalue weighted by atomic mass is 16.5. The number of amides is 2. The Morgan fingerprint density at radius 2 is 2.00 bits per heavy atom. The second kappa shape index (κ2) is 8.67. The summed E-state index contributed by atoms with van der Waals surface area (Å²) in [6.45, 7) is 5.14. The normalized spacial score (nSPS) is 16.0. The molecule has 1 heterocycles. The van der Waals surface area contributed by atoms with Gasteiger partial charge in [0.15, 0.2) is 0 Å². The smallest absolute Gasteiger partial charge is 0.317 e. The Balaban J connectivity index is 1.65. The van der Waals surface area contributed by atoms with Crippen LogP contribution in [0.4, 0.5) is 4.79 Å². The second-order valence-electron chi connectivity index (χ2n) is 5.57. The third-order valence-electron chi connectivity index (χ3n) is 3.86. The Morgan fingerprint density at radius 3 is 2.67 bits per heavy atom. The van der Waals surface area contributed by atoms with Crippen molar-refractivity contribution >= 4 is 6.03 Å².